The molecule has 1 aliphatic carbocycles. The van der Waals surface area contributed by atoms with Crippen LogP contribution in [0.25, 0.3) is 11.1 Å². The van der Waals surface area contributed by atoms with Gasteiger partial charge in [-0.05, 0) is 47.2 Å². The van der Waals surface area contributed by atoms with E-state index in [4.69, 9.17) is 9.84 Å². The molecule has 1 aliphatic rings. The molecule has 180 valence electrons. The van der Waals surface area contributed by atoms with Gasteiger partial charge >= 0.3 is 12.1 Å². The lowest BCUT2D eigenvalue weighted by Gasteiger charge is -2.14. The van der Waals surface area contributed by atoms with Crippen LogP contribution in [0.3, 0.4) is 0 Å². The van der Waals surface area contributed by atoms with Gasteiger partial charge in [-0.3, -0.25) is 14.9 Å². The van der Waals surface area contributed by atoms with Gasteiger partial charge in [0.25, 0.3) is 5.91 Å². The lowest BCUT2D eigenvalue weighted by molar-refractivity contribution is -0.141. The van der Waals surface area contributed by atoms with Gasteiger partial charge in [-0.15, -0.1) is 0 Å². The van der Waals surface area contributed by atoms with Crippen molar-refractivity contribution in [2.24, 2.45) is 5.92 Å². The molecule has 8 nitrogen and oxygen atoms in total. The van der Waals surface area contributed by atoms with E-state index in [9.17, 15) is 14.4 Å². The maximum absolute atomic E-state index is 12.5. The molecule has 0 aliphatic heterocycles. The first-order chi connectivity index (χ1) is 16.9. The van der Waals surface area contributed by atoms with Crippen LogP contribution >= 0.6 is 0 Å². The minimum atomic E-state index is -0.856. The second-order valence-corrected chi connectivity index (χ2v) is 8.50. The zero-order valence-electron chi connectivity index (χ0n) is 19.4. The Balaban J connectivity index is 1.31. The number of benzene rings is 2. The molecule has 0 saturated carbocycles. The third kappa shape index (κ3) is 5.66. The number of aliphatic carboxylic acids is 1. The molecular formula is C27H27N3O5. The fourth-order valence-electron chi connectivity index (χ4n) is 4.19. The minimum absolute atomic E-state index is 0.0536. The van der Waals surface area contributed by atoms with Gasteiger partial charge in [0.1, 0.15) is 18.1 Å². The van der Waals surface area contributed by atoms with Crippen molar-refractivity contribution in [3.8, 4) is 11.1 Å². The zero-order chi connectivity index (χ0) is 24.8. The van der Waals surface area contributed by atoms with Crippen molar-refractivity contribution in [1.82, 2.24) is 10.3 Å². The molecule has 8 heteroatoms. The number of ether oxygens (including phenoxy) is 1. The Morgan fingerprint density at radius 3 is 2.29 bits per heavy atom. The summed E-state index contributed by atoms with van der Waals surface area (Å²) < 4.78 is 5.53. The first-order valence-corrected chi connectivity index (χ1v) is 11.5. The summed E-state index contributed by atoms with van der Waals surface area (Å²) in [5, 5.41) is 14.2. The van der Waals surface area contributed by atoms with Crippen LogP contribution in [0.15, 0.2) is 66.7 Å². The van der Waals surface area contributed by atoms with Gasteiger partial charge in [-0.2, -0.15) is 0 Å². The number of aromatic nitrogens is 1. The van der Waals surface area contributed by atoms with Crippen LogP contribution < -0.4 is 10.6 Å². The van der Waals surface area contributed by atoms with E-state index >= 15 is 0 Å². The summed E-state index contributed by atoms with van der Waals surface area (Å²) in [6.07, 6.45) is 0.350. The molecule has 0 radical (unpaired) electrons. The van der Waals surface area contributed by atoms with Crippen LogP contribution in [-0.2, 0) is 9.53 Å². The highest BCUT2D eigenvalue weighted by Crippen LogP contribution is 2.44. The number of hydrogen-bond acceptors (Lipinski definition) is 5. The van der Waals surface area contributed by atoms with Gasteiger partial charge in [0, 0.05) is 12.5 Å². The number of nitrogens with one attached hydrogen (secondary N) is 2. The molecule has 1 unspecified atom stereocenters. The molecule has 3 aromatic rings. The second-order valence-electron chi connectivity index (χ2n) is 8.50. The molecule has 0 fully saturated rings. The number of anilines is 1. The Kier molecular flexibility index (Phi) is 7.40. The maximum atomic E-state index is 12.5. The quantitative estimate of drug-likeness (QED) is 0.389. The molecule has 2 aromatic carbocycles. The SMILES string of the molecule is CC(CCCNC(=O)c1cccc(NC(=O)OCC2c3ccccc3-c3ccccc32)n1)C(=O)O. The molecule has 1 atom stereocenters. The van der Waals surface area contributed by atoms with Crippen LogP contribution in [0.2, 0.25) is 0 Å². The van der Waals surface area contributed by atoms with Crippen molar-refractivity contribution in [3.63, 3.8) is 0 Å². The van der Waals surface area contributed by atoms with Crippen molar-refractivity contribution < 1.29 is 24.2 Å². The lowest BCUT2D eigenvalue weighted by atomic mass is 9.98. The Bertz CT molecular complexity index is 1200. The number of carbonyl (C=O) groups excluding carboxylic acids is 2. The van der Waals surface area contributed by atoms with E-state index in [1.165, 1.54) is 6.07 Å². The van der Waals surface area contributed by atoms with Crippen LogP contribution in [0, 0.1) is 5.92 Å². The van der Waals surface area contributed by atoms with Crippen molar-refractivity contribution in [2.45, 2.75) is 25.7 Å². The fraction of sp³-hybridized carbons (Fsp3) is 0.259. The van der Waals surface area contributed by atoms with Gasteiger partial charge in [0.2, 0.25) is 0 Å². The number of carboxylic acid groups (broad SMARTS) is 1. The number of pyridine rings is 1. The Hall–Kier alpha value is -4.20. The highest BCUT2D eigenvalue weighted by Gasteiger charge is 2.29. The summed E-state index contributed by atoms with van der Waals surface area (Å²) >= 11 is 0. The molecule has 1 heterocycles. The average Bonchev–Trinajstić information content (AvgIpc) is 3.19. The van der Waals surface area contributed by atoms with Crippen molar-refractivity contribution in [3.05, 3.63) is 83.6 Å². The monoisotopic (exact) mass is 473 g/mol. The second kappa shape index (κ2) is 10.8. The largest absolute Gasteiger partial charge is 0.481 e. The van der Waals surface area contributed by atoms with Gasteiger partial charge < -0.3 is 15.2 Å². The molecule has 1 aromatic heterocycles. The summed E-state index contributed by atoms with van der Waals surface area (Å²) in [6.45, 7) is 2.14. The number of carboxylic acids is 1. The Labute approximate surface area is 203 Å². The molecule has 0 spiro atoms. The van der Waals surface area contributed by atoms with Gasteiger partial charge in [0.15, 0.2) is 0 Å². The van der Waals surface area contributed by atoms with E-state index in [2.05, 4.69) is 27.8 Å². The standard InChI is InChI=1S/C27H27N3O5/c1-17(26(32)33)8-7-15-28-25(31)23-13-6-14-24(29-23)30-27(34)35-16-22-20-11-4-2-9-18(20)19-10-3-5-12-21(19)22/h2-6,9-14,17,22H,7-8,15-16H2,1H3,(H,28,31)(H,32,33)(H,29,30,34). The average molecular weight is 474 g/mol. The fourth-order valence-corrected chi connectivity index (χ4v) is 4.19. The smallest absolute Gasteiger partial charge is 0.412 e. The highest BCUT2D eigenvalue weighted by atomic mass is 16.5. The zero-order valence-corrected chi connectivity index (χ0v) is 19.4. The van der Waals surface area contributed by atoms with E-state index in [0.717, 1.165) is 22.3 Å². The molecule has 0 saturated heterocycles. The molecule has 0 bridgehead atoms. The van der Waals surface area contributed by atoms with Crippen LogP contribution in [0.4, 0.5) is 10.6 Å². The predicted molar refractivity (Wildman–Crippen MR) is 131 cm³/mol. The predicted octanol–water partition coefficient (Wildman–Crippen LogP) is 4.67. The third-order valence-corrected chi connectivity index (χ3v) is 6.08. The molecule has 4 rings (SSSR count). The van der Waals surface area contributed by atoms with Crippen LogP contribution in [0.5, 0.6) is 0 Å². The van der Waals surface area contributed by atoms with E-state index in [1.807, 2.05) is 36.4 Å². The molecule has 2 amide bonds. The molecule has 3 N–H and O–H groups in total. The summed E-state index contributed by atoms with van der Waals surface area (Å²) in [6, 6.07) is 20.9. The van der Waals surface area contributed by atoms with E-state index in [0.29, 0.717) is 19.4 Å². The van der Waals surface area contributed by atoms with E-state index < -0.39 is 23.9 Å². The summed E-state index contributed by atoms with van der Waals surface area (Å²) in [5.74, 6) is -1.57. The Morgan fingerprint density at radius 1 is 0.971 bits per heavy atom. The summed E-state index contributed by atoms with van der Waals surface area (Å²) in [5.41, 5.74) is 4.68. The van der Waals surface area contributed by atoms with Gasteiger partial charge in [-0.1, -0.05) is 61.5 Å². The topological polar surface area (TPSA) is 118 Å². The lowest BCUT2D eigenvalue weighted by Crippen LogP contribution is -2.26. The maximum Gasteiger partial charge on any atom is 0.412 e. The number of carbonyl (C=O) groups is 3. The van der Waals surface area contributed by atoms with Crippen molar-refractivity contribution in [1.29, 1.82) is 0 Å². The Morgan fingerprint density at radius 2 is 1.63 bits per heavy atom. The van der Waals surface area contributed by atoms with E-state index in [-0.39, 0.29) is 24.0 Å². The number of nitrogens with zero attached hydrogens (tertiary/aromatic N) is 1. The number of rotatable bonds is 9. The van der Waals surface area contributed by atoms with Crippen molar-refractivity contribution in [2.75, 3.05) is 18.5 Å². The summed E-state index contributed by atoms with van der Waals surface area (Å²) in [7, 11) is 0. The van der Waals surface area contributed by atoms with Crippen LogP contribution in [0.1, 0.15) is 47.3 Å². The molecule has 35 heavy (non-hydrogen) atoms. The normalized spacial score (nSPS) is 12.8. The van der Waals surface area contributed by atoms with Gasteiger partial charge in [-0.25, -0.2) is 9.78 Å². The minimum Gasteiger partial charge on any atom is -0.481 e. The number of amides is 2. The first kappa shape index (κ1) is 23.9. The van der Waals surface area contributed by atoms with Crippen molar-refractivity contribution >= 4 is 23.8 Å². The van der Waals surface area contributed by atoms with Gasteiger partial charge in [0.05, 0.1) is 5.92 Å². The number of hydrogen-bond donors (Lipinski definition) is 3. The highest BCUT2D eigenvalue weighted by molar-refractivity contribution is 5.93. The van der Waals surface area contributed by atoms with E-state index in [1.54, 1.807) is 19.1 Å². The molecular weight excluding hydrogens is 446 g/mol. The summed E-state index contributed by atoms with van der Waals surface area (Å²) in [4.78, 5) is 39.9. The number of fused-ring (bicyclic) bond motifs is 3. The first-order valence-electron chi connectivity index (χ1n) is 11.5. The van der Waals surface area contributed by atoms with Crippen LogP contribution in [-0.4, -0.2) is 41.2 Å². The third-order valence-electron chi connectivity index (χ3n) is 6.08.